The first kappa shape index (κ1) is 21.0. The second-order valence-electron chi connectivity index (χ2n) is 4.91. The largest absolute Gasteiger partial charge is 0.480 e. The van der Waals surface area contributed by atoms with Crippen molar-refractivity contribution in [2.75, 3.05) is 6.54 Å². The van der Waals surface area contributed by atoms with Crippen LogP contribution in [0.5, 0.6) is 0 Å². The van der Waals surface area contributed by atoms with Gasteiger partial charge in [-0.05, 0) is 12.2 Å². The normalized spacial score (nSPS) is 14.6. The van der Waals surface area contributed by atoms with Gasteiger partial charge in [0.15, 0.2) is 5.78 Å². The first-order chi connectivity index (χ1) is 10.6. The maximum absolute atomic E-state index is 11.1. The Morgan fingerprint density at radius 3 is 2.27 bits per heavy atom. The Labute approximate surface area is 144 Å². The van der Waals surface area contributed by atoms with Crippen molar-refractivity contribution in [3.05, 3.63) is 36.1 Å². The molecule has 22 heavy (non-hydrogen) atoms. The molecule has 1 rings (SSSR count). The number of carbonyl (C=O) groups is 2. The first-order valence-corrected chi connectivity index (χ1v) is 11.9. The maximum Gasteiger partial charge on any atom is 0.322 e. The van der Waals surface area contributed by atoms with Crippen molar-refractivity contribution in [2.24, 2.45) is 0 Å². The Morgan fingerprint density at radius 2 is 1.77 bits per heavy atom. The zero-order chi connectivity index (χ0) is 16.6. The van der Waals surface area contributed by atoms with Crippen LogP contribution < -0.4 is 5.32 Å². The summed E-state index contributed by atoms with van der Waals surface area (Å²) >= 11 is 0.149. The molecule has 0 unspecified atom stereocenters. The van der Waals surface area contributed by atoms with Crippen LogP contribution in [0.2, 0.25) is 8.87 Å². The summed E-state index contributed by atoms with van der Waals surface area (Å²) in [5.74, 6) is -1.08. The van der Waals surface area contributed by atoms with Gasteiger partial charge in [0.05, 0.1) is 0 Å². The third-order valence-electron chi connectivity index (χ3n) is 2.84. The molecule has 0 aliphatic heterocycles. The molecule has 4 nitrogen and oxygen atoms in total. The number of unbranched alkanes of at least 4 members (excludes halogenated alkanes) is 2. The van der Waals surface area contributed by atoms with Crippen LogP contribution in [0.25, 0.3) is 0 Å². The maximum atomic E-state index is 11.1. The smallest absolute Gasteiger partial charge is 0.322 e. The van der Waals surface area contributed by atoms with Gasteiger partial charge in [0, 0.05) is 11.8 Å². The van der Waals surface area contributed by atoms with E-state index in [0.717, 1.165) is 0 Å². The van der Waals surface area contributed by atoms with E-state index in [4.69, 9.17) is 5.11 Å². The standard InChI is InChI=1S/C9H9NO3.2C4H9.Sn/c11-8-4-2-1-3-7(8)5-10-6-9(12)13;2*1-3-4-2;/h1-5,10H,6H2,(H,12,13);2*1,3-4H2,2H3;. The Morgan fingerprint density at radius 1 is 1.18 bits per heavy atom. The van der Waals surface area contributed by atoms with Crippen LogP contribution >= 0.6 is 0 Å². The zero-order valence-corrected chi connectivity index (χ0v) is 16.5. The number of carboxylic acid groups (broad SMARTS) is 1. The van der Waals surface area contributed by atoms with Crippen molar-refractivity contribution in [3.8, 4) is 0 Å². The monoisotopic (exact) mass is 413 g/mol. The van der Waals surface area contributed by atoms with Crippen LogP contribution in [0, 0.1) is 0 Å². The fourth-order valence-electron chi connectivity index (χ4n) is 1.58. The second-order valence-corrected chi connectivity index (χ2v) is 9.20. The Balaban J connectivity index is 0.000000433. The SMILES string of the molecule is CCC[CH2][Sn][CH2]CCC.O=C(O)CNC=C1C=CC=CC1=O. The summed E-state index contributed by atoms with van der Waals surface area (Å²) in [6.45, 7) is 4.40. The van der Waals surface area contributed by atoms with E-state index in [9.17, 15) is 9.59 Å². The molecule has 5 heteroatoms. The molecule has 122 valence electrons. The second kappa shape index (κ2) is 14.9. The number of aliphatic carboxylic acids is 1. The molecule has 2 radical (unpaired) electrons. The Hall–Kier alpha value is -1.04. The van der Waals surface area contributed by atoms with Crippen molar-refractivity contribution in [1.82, 2.24) is 5.32 Å². The third kappa shape index (κ3) is 12.7. The number of allylic oxidation sites excluding steroid dienone is 5. The molecule has 0 spiro atoms. The quantitative estimate of drug-likeness (QED) is 0.346. The number of rotatable bonds is 9. The predicted octanol–water partition coefficient (Wildman–Crippen LogP) is 3.37. The minimum atomic E-state index is -0.959. The topological polar surface area (TPSA) is 66.4 Å². The average molecular weight is 412 g/mol. The van der Waals surface area contributed by atoms with Gasteiger partial charge >= 0.3 is 75.5 Å². The number of hydrogen-bond donors (Lipinski definition) is 2. The molecule has 0 saturated heterocycles. The predicted molar refractivity (Wildman–Crippen MR) is 92.2 cm³/mol. The molecule has 0 heterocycles. The summed E-state index contributed by atoms with van der Waals surface area (Å²) in [6.07, 6.45) is 13.6. The summed E-state index contributed by atoms with van der Waals surface area (Å²) in [7, 11) is 0. The molecule has 0 fully saturated rings. The van der Waals surface area contributed by atoms with Crippen LogP contribution in [0.1, 0.15) is 39.5 Å². The summed E-state index contributed by atoms with van der Waals surface area (Å²) in [5.41, 5.74) is 0.462. The van der Waals surface area contributed by atoms with E-state index < -0.39 is 5.97 Å². The van der Waals surface area contributed by atoms with Crippen LogP contribution in [-0.2, 0) is 9.59 Å². The number of hydrogen-bond acceptors (Lipinski definition) is 3. The van der Waals surface area contributed by atoms with E-state index >= 15 is 0 Å². The van der Waals surface area contributed by atoms with Gasteiger partial charge in [-0.1, -0.05) is 12.2 Å². The Kier molecular flexibility index (Phi) is 14.2. The molecule has 1 aliphatic rings. The van der Waals surface area contributed by atoms with E-state index in [1.807, 2.05) is 0 Å². The van der Waals surface area contributed by atoms with Crippen molar-refractivity contribution in [3.63, 3.8) is 0 Å². The van der Waals surface area contributed by atoms with Crippen molar-refractivity contribution in [2.45, 2.75) is 48.4 Å². The minimum Gasteiger partial charge on any atom is -0.480 e. The number of nitrogens with one attached hydrogen (secondary N) is 1. The molecule has 0 bridgehead atoms. The fourth-order valence-corrected chi connectivity index (χ4v) is 5.74. The number of carbonyl (C=O) groups excluding carboxylic acids is 1. The van der Waals surface area contributed by atoms with Gasteiger partial charge in [-0.15, -0.1) is 0 Å². The van der Waals surface area contributed by atoms with E-state index in [1.54, 1.807) is 27.1 Å². The number of carboxylic acids is 1. The van der Waals surface area contributed by atoms with E-state index in [-0.39, 0.29) is 33.5 Å². The van der Waals surface area contributed by atoms with Crippen LogP contribution in [-0.4, -0.2) is 44.5 Å². The molecule has 0 aromatic heterocycles. The minimum absolute atomic E-state index is 0.125. The van der Waals surface area contributed by atoms with E-state index in [1.165, 1.54) is 38.0 Å². The van der Waals surface area contributed by atoms with Crippen molar-refractivity contribution in [1.29, 1.82) is 0 Å². The average Bonchev–Trinajstić information content (AvgIpc) is 2.49. The van der Waals surface area contributed by atoms with Gasteiger partial charge in [0.2, 0.25) is 0 Å². The molecule has 0 aromatic rings. The van der Waals surface area contributed by atoms with E-state index in [0.29, 0.717) is 5.57 Å². The summed E-state index contributed by atoms with van der Waals surface area (Å²) in [5, 5.41) is 10.8. The van der Waals surface area contributed by atoms with Gasteiger partial charge in [-0.3, -0.25) is 9.59 Å². The molecule has 0 atom stereocenters. The number of ketones is 1. The van der Waals surface area contributed by atoms with E-state index in [2.05, 4.69) is 19.2 Å². The Bertz CT molecular complexity index is 408. The van der Waals surface area contributed by atoms with Gasteiger partial charge in [0.1, 0.15) is 6.54 Å². The van der Waals surface area contributed by atoms with Crippen molar-refractivity contribution < 1.29 is 14.7 Å². The van der Waals surface area contributed by atoms with Crippen molar-refractivity contribution >= 4 is 32.9 Å². The van der Waals surface area contributed by atoms with Gasteiger partial charge in [-0.25, -0.2) is 0 Å². The van der Waals surface area contributed by atoms with Crippen LogP contribution in [0.4, 0.5) is 0 Å². The van der Waals surface area contributed by atoms with Crippen LogP contribution in [0.15, 0.2) is 36.1 Å². The van der Waals surface area contributed by atoms with Crippen LogP contribution in [0.3, 0.4) is 0 Å². The fraction of sp³-hybridized carbons (Fsp3) is 0.529. The zero-order valence-electron chi connectivity index (χ0n) is 13.6. The molecular formula is C17H27NO3Sn. The summed E-state index contributed by atoms with van der Waals surface area (Å²) in [6, 6.07) is 0. The molecule has 0 saturated carbocycles. The molecule has 2 N–H and O–H groups in total. The summed E-state index contributed by atoms with van der Waals surface area (Å²) in [4.78, 5) is 21.2. The summed E-state index contributed by atoms with van der Waals surface area (Å²) < 4.78 is 3.25. The molecule has 0 aromatic carbocycles. The molecular weight excluding hydrogens is 385 g/mol. The molecule has 1 aliphatic carbocycles. The first-order valence-electron chi connectivity index (χ1n) is 7.86. The molecule has 0 amide bonds. The third-order valence-corrected chi connectivity index (χ3v) is 6.88. The van der Waals surface area contributed by atoms with Gasteiger partial charge in [-0.2, -0.15) is 0 Å². The van der Waals surface area contributed by atoms with Gasteiger partial charge < -0.3 is 10.4 Å². The van der Waals surface area contributed by atoms with Gasteiger partial charge in [0.25, 0.3) is 0 Å².